The highest BCUT2D eigenvalue weighted by Crippen LogP contribution is 2.37. The second-order valence-corrected chi connectivity index (χ2v) is 6.57. The summed E-state index contributed by atoms with van der Waals surface area (Å²) in [6, 6.07) is 10.8. The Bertz CT molecular complexity index is 647. The molecule has 98 valence electrons. The summed E-state index contributed by atoms with van der Waals surface area (Å²) in [7, 11) is 0. The smallest absolute Gasteiger partial charge is 0.123 e. The molecule has 6 heteroatoms. The number of nitrogen functional groups attached to an aromatic ring is 1. The third kappa shape index (κ3) is 3.66. The van der Waals surface area contributed by atoms with Crippen molar-refractivity contribution < 1.29 is 0 Å². The van der Waals surface area contributed by atoms with E-state index in [-0.39, 0.29) is 5.84 Å². The van der Waals surface area contributed by atoms with Crippen LogP contribution in [0.4, 0.5) is 0 Å². The van der Waals surface area contributed by atoms with Gasteiger partial charge in [-0.1, -0.05) is 50.9 Å². The van der Waals surface area contributed by atoms with Gasteiger partial charge in [0, 0.05) is 24.8 Å². The Balaban J connectivity index is 2.45. The van der Waals surface area contributed by atoms with E-state index in [1.54, 1.807) is 24.3 Å². The molecule has 0 saturated carbocycles. The molecule has 0 amide bonds. The van der Waals surface area contributed by atoms with Gasteiger partial charge in [-0.25, -0.2) is 0 Å². The highest BCUT2D eigenvalue weighted by atomic mass is 79.9. The topological polar surface area (TPSA) is 49.9 Å². The first-order chi connectivity index (χ1) is 8.97. The van der Waals surface area contributed by atoms with Gasteiger partial charge in [0.25, 0.3) is 0 Å². The Morgan fingerprint density at radius 2 is 1.84 bits per heavy atom. The second kappa shape index (κ2) is 6.18. The molecule has 0 aliphatic carbocycles. The molecule has 2 aromatic carbocycles. The molecule has 0 atom stereocenters. The van der Waals surface area contributed by atoms with Gasteiger partial charge >= 0.3 is 0 Å². The minimum absolute atomic E-state index is 0.0214. The van der Waals surface area contributed by atoms with Crippen LogP contribution >= 0.6 is 50.9 Å². The fourth-order valence-corrected chi connectivity index (χ4v) is 3.52. The quantitative estimate of drug-likeness (QED) is 0.572. The van der Waals surface area contributed by atoms with E-state index in [2.05, 4.69) is 15.9 Å². The molecule has 0 aromatic heterocycles. The third-order valence-electron chi connectivity index (χ3n) is 2.35. The summed E-state index contributed by atoms with van der Waals surface area (Å²) in [6.07, 6.45) is 0. The number of amidine groups is 1. The zero-order chi connectivity index (χ0) is 14.0. The Morgan fingerprint density at radius 1 is 1.11 bits per heavy atom. The summed E-state index contributed by atoms with van der Waals surface area (Å²) >= 11 is 16.9. The van der Waals surface area contributed by atoms with Crippen LogP contribution in [0.5, 0.6) is 0 Å². The lowest BCUT2D eigenvalue weighted by atomic mass is 10.2. The van der Waals surface area contributed by atoms with Crippen molar-refractivity contribution in [1.29, 1.82) is 5.41 Å². The van der Waals surface area contributed by atoms with Crippen LogP contribution in [-0.4, -0.2) is 5.84 Å². The van der Waals surface area contributed by atoms with Gasteiger partial charge < -0.3 is 5.73 Å². The van der Waals surface area contributed by atoms with Crippen molar-refractivity contribution >= 4 is 56.7 Å². The zero-order valence-corrected chi connectivity index (χ0v) is 13.5. The van der Waals surface area contributed by atoms with Crippen molar-refractivity contribution in [3.8, 4) is 0 Å². The molecule has 0 saturated heterocycles. The number of hydrogen-bond acceptors (Lipinski definition) is 2. The van der Waals surface area contributed by atoms with Crippen LogP contribution in [-0.2, 0) is 0 Å². The Kier molecular flexibility index (Phi) is 4.79. The van der Waals surface area contributed by atoms with Gasteiger partial charge in [0.15, 0.2) is 0 Å². The number of hydrogen-bond donors (Lipinski definition) is 2. The molecule has 2 nitrogen and oxygen atoms in total. The van der Waals surface area contributed by atoms with E-state index in [0.717, 1.165) is 14.3 Å². The standard InChI is InChI=1S/C13H9BrCl2N2S/c14-7-1-3-9(13(17)18)11(5-7)19-12-6-8(15)2-4-10(12)16/h1-6H,(H3,17,18). The summed E-state index contributed by atoms with van der Waals surface area (Å²) in [6.45, 7) is 0. The van der Waals surface area contributed by atoms with E-state index >= 15 is 0 Å². The van der Waals surface area contributed by atoms with Gasteiger partial charge in [0.1, 0.15) is 5.84 Å². The molecular formula is C13H9BrCl2N2S. The first kappa shape index (κ1) is 14.7. The van der Waals surface area contributed by atoms with Crippen molar-refractivity contribution in [2.45, 2.75) is 9.79 Å². The summed E-state index contributed by atoms with van der Waals surface area (Å²) in [5, 5.41) is 8.83. The predicted molar refractivity (Wildman–Crippen MR) is 85.7 cm³/mol. The maximum absolute atomic E-state index is 7.60. The molecule has 0 unspecified atom stereocenters. The van der Waals surface area contributed by atoms with E-state index < -0.39 is 0 Å². The van der Waals surface area contributed by atoms with Gasteiger partial charge in [-0.05, 0) is 36.4 Å². The van der Waals surface area contributed by atoms with Gasteiger partial charge in [-0.15, -0.1) is 0 Å². The highest BCUT2D eigenvalue weighted by Gasteiger charge is 2.10. The molecule has 0 fully saturated rings. The molecule has 2 aromatic rings. The monoisotopic (exact) mass is 374 g/mol. The van der Waals surface area contributed by atoms with Crippen LogP contribution in [0.15, 0.2) is 50.7 Å². The van der Waals surface area contributed by atoms with E-state index in [1.807, 2.05) is 12.1 Å². The largest absolute Gasteiger partial charge is 0.384 e. The lowest BCUT2D eigenvalue weighted by Crippen LogP contribution is -2.12. The number of nitrogens with one attached hydrogen (secondary N) is 1. The maximum atomic E-state index is 7.60. The maximum Gasteiger partial charge on any atom is 0.123 e. The van der Waals surface area contributed by atoms with Crippen LogP contribution in [0.25, 0.3) is 0 Å². The van der Waals surface area contributed by atoms with E-state index in [1.165, 1.54) is 11.8 Å². The average molecular weight is 376 g/mol. The van der Waals surface area contributed by atoms with E-state index in [0.29, 0.717) is 15.6 Å². The lowest BCUT2D eigenvalue weighted by molar-refractivity contribution is 1.32. The number of nitrogens with two attached hydrogens (primary N) is 1. The first-order valence-corrected chi connectivity index (χ1v) is 7.61. The Morgan fingerprint density at radius 3 is 2.53 bits per heavy atom. The second-order valence-electron chi connectivity index (χ2n) is 3.73. The Labute approximate surface area is 133 Å². The predicted octanol–water partition coefficient (Wildman–Crippen LogP) is 5.19. The van der Waals surface area contributed by atoms with Crippen molar-refractivity contribution in [2.24, 2.45) is 5.73 Å². The lowest BCUT2D eigenvalue weighted by Gasteiger charge is -2.10. The van der Waals surface area contributed by atoms with Crippen LogP contribution in [0.2, 0.25) is 10.0 Å². The molecule has 3 N–H and O–H groups in total. The number of benzene rings is 2. The summed E-state index contributed by atoms with van der Waals surface area (Å²) in [5.74, 6) is 0.0214. The van der Waals surface area contributed by atoms with E-state index in [4.69, 9.17) is 34.3 Å². The van der Waals surface area contributed by atoms with Gasteiger partial charge in [-0.2, -0.15) is 0 Å². The molecule has 0 aliphatic rings. The van der Waals surface area contributed by atoms with Gasteiger partial charge in [0.05, 0.1) is 5.02 Å². The van der Waals surface area contributed by atoms with Crippen molar-refractivity contribution in [2.75, 3.05) is 0 Å². The summed E-state index contributed by atoms with van der Waals surface area (Å²) < 4.78 is 0.915. The number of halogens is 3. The molecule has 0 spiro atoms. The summed E-state index contributed by atoms with van der Waals surface area (Å²) in [5.41, 5.74) is 6.25. The molecule has 0 aliphatic heterocycles. The minimum Gasteiger partial charge on any atom is -0.384 e. The normalized spacial score (nSPS) is 10.5. The van der Waals surface area contributed by atoms with Gasteiger partial charge in [0.2, 0.25) is 0 Å². The van der Waals surface area contributed by atoms with Crippen LogP contribution in [0, 0.1) is 5.41 Å². The molecule has 19 heavy (non-hydrogen) atoms. The summed E-state index contributed by atoms with van der Waals surface area (Å²) in [4.78, 5) is 1.68. The third-order valence-corrected chi connectivity index (χ3v) is 4.63. The zero-order valence-electron chi connectivity index (χ0n) is 9.58. The fraction of sp³-hybridized carbons (Fsp3) is 0. The average Bonchev–Trinajstić information content (AvgIpc) is 2.33. The van der Waals surface area contributed by atoms with Crippen LogP contribution in [0.1, 0.15) is 5.56 Å². The highest BCUT2D eigenvalue weighted by molar-refractivity contribution is 9.10. The number of rotatable bonds is 3. The molecular weight excluding hydrogens is 367 g/mol. The molecule has 0 heterocycles. The Hall–Kier alpha value is -0.680. The van der Waals surface area contributed by atoms with Crippen LogP contribution < -0.4 is 5.73 Å². The van der Waals surface area contributed by atoms with Crippen molar-refractivity contribution in [3.63, 3.8) is 0 Å². The minimum atomic E-state index is 0.0214. The first-order valence-electron chi connectivity index (χ1n) is 5.24. The van der Waals surface area contributed by atoms with Crippen LogP contribution in [0.3, 0.4) is 0 Å². The molecule has 0 bridgehead atoms. The van der Waals surface area contributed by atoms with Crippen molar-refractivity contribution in [3.05, 3.63) is 56.5 Å². The molecule has 2 rings (SSSR count). The van der Waals surface area contributed by atoms with E-state index in [9.17, 15) is 0 Å². The molecule has 0 radical (unpaired) electrons. The SMILES string of the molecule is N=C(N)c1ccc(Br)cc1Sc1cc(Cl)ccc1Cl. The van der Waals surface area contributed by atoms with Gasteiger partial charge in [-0.3, -0.25) is 5.41 Å². The fourth-order valence-electron chi connectivity index (χ4n) is 1.48. The van der Waals surface area contributed by atoms with Crippen molar-refractivity contribution in [1.82, 2.24) is 0 Å².